The molecule has 132 valence electrons. The molecule has 2 heterocycles. The first kappa shape index (κ1) is 17.9. The molecule has 0 saturated carbocycles. The van der Waals surface area contributed by atoms with Crippen LogP contribution < -0.4 is 16.1 Å². The molecule has 4 amide bonds. The van der Waals surface area contributed by atoms with Gasteiger partial charge in [0.25, 0.3) is 11.8 Å². The van der Waals surface area contributed by atoms with Crippen LogP contribution >= 0.6 is 0 Å². The zero-order valence-corrected chi connectivity index (χ0v) is 14.4. The van der Waals surface area contributed by atoms with Crippen LogP contribution in [0.25, 0.3) is 0 Å². The molecule has 3 N–H and O–H groups in total. The van der Waals surface area contributed by atoms with E-state index in [0.717, 1.165) is 10.6 Å². The number of aryl methyl sites for hydroxylation is 1. The number of hydrogen-bond donors (Lipinski definition) is 3. The van der Waals surface area contributed by atoms with E-state index in [1.54, 1.807) is 24.7 Å². The fourth-order valence-corrected chi connectivity index (χ4v) is 2.37. The Morgan fingerprint density at radius 3 is 2.71 bits per heavy atom. The summed E-state index contributed by atoms with van der Waals surface area (Å²) in [4.78, 5) is 36.0. The molecule has 1 saturated heterocycles. The highest BCUT2D eigenvalue weighted by Gasteiger charge is 2.47. The topological polar surface area (TPSA) is 108 Å². The van der Waals surface area contributed by atoms with Crippen molar-refractivity contribution >= 4 is 17.8 Å². The van der Waals surface area contributed by atoms with Crippen LogP contribution in [0.15, 0.2) is 12.4 Å². The predicted octanol–water partition coefficient (Wildman–Crippen LogP) is -0.0787. The summed E-state index contributed by atoms with van der Waals surface area (Å²) < 4.78 is 1.79. The molecular formula is C15H24N6O3. The van der Waals surface area contributed by atoms with Gasteiger partial charge in [0.15, 0.2) is 0 Å². The molecular weight excluding hydrogens is 312 g/mol. The zero-order chi connectivity index (χ0) is 17.9. The van der Waals surface area contributed by atoms with Gasteiger partial charge in [0, 0.05) is 12.2 Å². The normalized spacial score (nSPS) is 21.8. The van der Waals surface area contributed by atoms with Gasteiger partial charge in [-0.15, -0.1) is 0 Å². The van der Waals surface area contributed by atoms with Crippen molar-refractivity contribution in [3.63, 3.8) is 0 Å². The third kappa shape index (κ3) is 3.91. The molecule has 0 unspecified atom stereocenters. The van der Waals surface area contributed by atoms with Crippen molar-refractivity contribution in [3.8, 4) is 0 Å². The highest BCUT2D eigenvalue weighted by molar-refractivity contribution is 6.07. The molecule has 2 rings (SSSR count). The van der Waals surface area contributed by atoms with Gasteiger partial charge in [-0.05, 0) is 32.8 Å². The Hall–Kier alpha value is -2.42. The molecule has 1 fully saturated rings. The van der Waals surface area contributed by atoms with Crippen molar-refractivity contribution < 1.29 is 14.4 Å². The fourth-order valence-electron chi connectivity index (χ4n) is 2.37. The van der Waals surface area contributed by atoms with Crippen molar-refractivity contribution in [3.05, 3.63) is 18.0 Å². The van der Waals surface area contributed by atoms with Gasteiger partial charge in [-0.2, -0.15) is 10.1 Å². The number of amides is 4. The monoisotopic (exact) mass is 336 g/mol. The van der Waals surface area contributed by atoms with Crippen LogP contribution in [-0.2, 0) is 16.1 Å². The van der Waals surface area contributed by atoms with Gasteiger partial charge in [0.2, 0.25) is 0 Å². The maximum absolute atomic E-state index is 12.2. The summed E-state index contributed by atoms with van der Waals surface area (Å²) in [5, 5.41) is 10.5. The van der Waals surface area contributed by atoms with Crippen molar-refractivity contribution in [2.45, 2.75) is 52.2 Å². The Morgan fingerprint density at radius 2 is 2.17 bits per heavy atom. The molecule has 9 heteroatoms. The standard InChI is InChI=1S/C15H24N6O3/c1-5-15(4)13(23)21(14(24)18-15)19-12(22)7-16-11(3)9-20-8-10(2)6-17-20/h6,8,11,16H,5,7,9H2,1-4H3,(H,18,24)(H,19,22)/t11-,15+/m1/s1. The first-order valence-corrected chi connectivity index (χ1v) is 7.94. The molecule has 9 nitrogen and oxygen atoms in total. The van der Waals surface area contributed by atoms with E-state index in [4.69, 9.17) is 0 Å². The lowest BCUT2D eigenvalue weighted by molar-refractivity contribution is -0.138. The molecule has 2 atom stereocenters. The van der Waals surface area contributed by atoms with E-state index < -0.39 is 23.4 Å². The largest absolute Gasteiger partial charge is 0.344 e. The molecule has 0 spiro atoms. The van der Waals surface area contributed by atoms with Gasteiger partial charge >= 0.3 is 6.03 Å². The number of hydrazine groups is 1. The van der Waals surface area contributed by atoms with Crippen LogP contribution in [0.4, 0.5) is 4.79 Å². The maximum atomic E-state index is 12.2. The summed E-state index contributed by atoms with van der Waals surface area (Å²) in [5.41, 5.74) is 2.44. The number of hydrogen-bond acceptors (Lipinski definition) is 5. The van der Waals surface area contributed by atoms with E-state index in [9.17, 15) is 14.4 Å². The van der Waals surface area contributed by atoms with E-state index in [1.807, 2.05) is 20.0 Å². The summed E-state index contributed by atoms with van der Waals surface area (Å²) in [6.45, 7) is 7.90. The summed E-state index contributed by atoms with van der Waals surface area (Å²) in [6.07, 6.45) is 4.13. The number of rotatable bonds is 7. The summed E-state index contributed by atoms with van der Waals surface area (Å²) in [5.74, 6) is -0.911. The molecule has 0 aliphatic carbocycles. The SMILES string of the molecule is CC[C@]1(C)NC(=O)N(NC(=O)CN[C@H](C)Cn2cc(C)cn2)C1=O. The van der Waals surface area contributed by atoms with Gasteiger partial charge in [0.1, 0.15) is 5.54 Å². The zero-order valence-electron chi connectivity index (χ0n) is 14.4. The van der Waals surface area contributed by atoms with Gasteiger partial charge in [-0.3, -0.25) is 19.7 Å². The number of imide groups is 1. The molecule has 0 radical (unpaired) electrons. The maximum Gasteiger partial charge on any atom is 0.344 e. The van der Waals surface area contributed by atoms with Crippen LogP contribution in [0, 0.1) is 6.92 Å². The first-order chi connectivity index (χ1) is 11.2. The summed E-state index contributed by atoms with van der Waals surface area (Å²) in [7, 11) is 0. The minimum absolute atomic E-state index is 0.000867. The van der Waals surface area contributed by atoms with E-state index in [2.05, 4.69) is 21.2 Å². The molecule has 0 bridgehead atoms. The summed E-state index contributed by atoms with van der Waals surface area (Å²) >= 11 is 0. The second-order valence-corrected chi connectivity index (χ2v) is 6.31. The third-order valence-electron chi connectivity index (χ3n) is 4.04. The first-order valence-electron chi connectivity index (χ1n) is 7.94. The smallest absolute Gasteiger partial charge is 0.322 e. The van der Waals surface area contributed by atoms with Crippen LogP contribution in [0.2, 0.25) is 0 Å². The van der Waals surface area contributed by atoms with E-state index in [-0.39, 0.29) is 12.6 Å². The average molecular weight is 336 g/mol. The van der Waals surface area contributed by atoms with Crippen molar-refractivity contribution in [2.24, 2.45) is 0 Å². The Morgan fingerprint density at radius 1 is 1.46 bits per heavy atom. The van der Waals surface area contributed by atoms with E-state index in [1.165, 1.54) is 0 Å². The van der Waals surface area contributed by atoms with Gasteiger partial charge < -0.3 is 10.6 Å². The number of nitrogens with one attached hydrogen (secondary N) is 3. The minimum atomic E-state index is -0.969. The van der Waals surface area contributed by atoms with E-state index in [0.29, 0.717) is 13.0 Å². The molecule has 0 aromatic carbocycles. The molecule has 1 aliphatic rings. The molecule has 1 aliphatic heterocycles. The lowest BCUT2D eigenvalue weighted by atomic mass is 10.00. The predicted molar refractivity (Wildman–Crippen MR) is 86.6 cm³/mol. The fraction of sp³-hybridized carbons (Fsp3) is 0.600. The highest BCUT2D eigenvalue weighted by atomic mass is 16.2. The van der Waals surface area contributed by atoms with Crippen LogP contribution in [0.3, 0.4) is 0 Å². The Balaban J connectivity index is 1.81. The number of urea groups is 1. The Kier molecular flexibility index (Phi) is 5.23. The van der Waals surface area contributed by atoms with Crippen molar-refractivity contribution in [1.29, 1.82) is 0 Å². The second kappa shape index (κ2) is 7.00. The van der Waals surface area contributed by atoms with E-state index >= 15 is 0 Å². The number of carbonyl (C=O) groups excluding carboxylic acids is 3. The third-order valence-corrected chi connectivity index (χ3v) is 4.04. The van der Waals surface area contributed by atoms with Gasteiger partial charge in [-0.1, -0.05) is 6.92 Å². The average Bonchev–Trinajstić information content (AvgIpc) is 3.02. The quantitative estimate of drug-likeness (QED) is 0.604. The molecule has 1 aromatic heterocycles. The highest BCUT2D eigenvalue weighted by Crippen LogP contribution is 2.18. The summed E-state index contributed by atoms with van der Waals surface area (Å²) in [6, 6.07) is -0.614. The number of aromatic nitrogens is 2. The molecule has 1 aromatic rings. The van der Waals surface area contributed by atoms with Crippen molar-refractivity contribution in [1.82, 2.24) is 30.8 Å². The Labute approximate surface area is 140 Å². The second-order valence-electron chi connectivity index (χ2n) is 6.31. The number of carbonyl (C=O) groups is 3. The minimum Gasteiger partial charge on any atom is -0.322 e. The van der Waals surface area contributed by atoms with Crippen LogP contribution in [-0.4, -0.2) is 50.8 Å². The Bertz CT molecular complexity index is 643. The van der Waals surface area contributed by atoms with Gasteiger partial charge in [0.05, 0.1) is 19.3 Å². The lowest BCUT2D eigenvalue weighted by Crippen LogP contribution is -2.51. The van der Waals surface area contributed by atoms with Crippen molar-refractivity contribution in [2.75, 3.05) is 6.54 Å². The lowest BCUT2D eigenvalue weighted by Gasteiger charge is -2.20. The molecule has 24 heavy (non-hydrogen) atoms. The van der Waals surface area contributed by atoms with Crippen LogP contribution in [0.5, 0.6) is 0 Å². The van der Waals surface area contributed by atoms with Gasteiger partial charge in [-0.25, -0.2) is 4.79 Å². The van der Waals surface area contributed by atoms with Crippen LogP contribution in [0.1, 0.15) is 32.8 Å². The number of nitrogens with zero attached hydrogens (tertiary/aromatic N) is 3.